The number of fused-ring (bicyclic) bond motifs is 1. The number of carbonyl (C=O) groups is 1. The number of aromatic nitrogens is 2. The van der Waals surface area contributed by atoms with Crippen molar-refractivity contribution in [1.82, 2.24) is 15.3 Å². The summed E-state index contributed by atoms with van der Waals surface area (Å²) in [6, 6.07) is 9.66. The molecule has 202 valence electrons. The van der Waals surface area contributed by atoms with Gasteiger partial charge in [0.15, 0.2) is 20.7 Å². The Kier molecular flexibility index (Phi) is 7.88. The molecule has 1 aliphatic carbocycles. The third kappa shape index (κ3) is 6.12. The van der Waals surface area contributed by atoms with Crippen molar-refractivity contribution in [3.05, 3.63) is 42.0 Å². The second-order valence-corrected chi connectivity index (χ2v) is 12.5. The maximum atomic E-state index is 13.3. The van der Waals surface area contributed by atoms with Crippen LogP contribution in [-0.2, 0) is 24.2 Å². The molecule has 1 aliphatic heterocycles. The second-order valence-electron chi connectivity index (χ2n) is 9.26. The minimum atomic E-state index is -3.35. The zero-order valence-corrected chi connectivity index (χ0v) is 22.7. The normalized spacial score (nSPS) is 18.9. The van der Waals surface area contributed by atoms with Gasteiger partial charge < -0.3 is 19.6 Å². The molecular formula is C25H29N5O6S2. The highest BCUT2D eigenvalue weighted by atomic mass is 32.2. The minimum absolute atomic E-state index is 0.0201. The van der Waals surface area contributed by atoms with Crippen LogP contribution in [0, 0.1) is 0 Å². The smallest absolute Gasteiger partial charge is 0.280 e. The SMILES string of the molecule is COC[C@@H](C)O/N=C(/C(=O)Nc1nc2ccc(O[C@@H]3CCNC3)nc2s1)c1ccc(S(=O)(=O)C2CC2)cc1. The zero-order valence-electron chi connectivity index (χ0n) is 21.0. The predicted molar refractivity (Wildman–Crippen MR) is 144 cm³/mol. The first kappa shape index (κ1) is 26.5. The number of nitrogens with one attached hydrogen (secondary N) is 2. The van der Waals surface area contributed by atoms with Crippen LogP contribution in [0.2, 0.25) is 0 Å². The van der Waals surface area contributed by atoms with Crippen LogP contribution in [0.15, 0.2) is 46.4 Å². The average Bonchev–Trinajstić information content (AvgIpc) is 3.51. The first-order chi connectivity index (χ1) is 18.3. The second kappa shape index (κ2) is 11.3. The number of rotatable bonds is 11. The summed E-state index contributed by atoms with van der Waals surface area (Å²) in [7, 11) is -1.81. The van der Waals surface area contributed by atoms with E-state index in [4.69, 9.17) is 14.3 Å². The van der Waals surface area contributed by atoms with Crippen LogP contribution in [0.5, 0.6) is 5.88 Å². The first-order valence-corrected chi connectivity index (χ1v) is 14.7. The van der Waals surface area contributed by atoms with Gasteiger partial charge in [0.1, 0.15) is 22.6 Å². The first-order valence-electron chi connectivity index (χ1n) is 12.4. The lowest BCUT2D eigenvalue weighted by Crippen LogP contribution is -2.25. The number of hydrogen-bond donors (Lipinski definition) is 2. The Hall–Kier alpha value is -3.13. The number of amides is 1. The Morgan fingerprint density at radius 2 is 1.97 bits per heavy atom. The van der Waals surface area contributed by atoms with E-state index in [1.54, 1.807) is 38.3 Å². The topological polar surface area (TPSA) is 141 Å². The van der Waals surface area contributed by atoms with Crippen LogP contribution >= 0.6 is 11.3 Å². The van der Waals surface area contributed by atoms with E-state index in [0.717, 1.165) is 19.5 Å². The van der Waals surface area contributed by atoms with Crippen LogP contribution in [0.4, 0.5) is 5.13 Å². The highest BCUT2D eigenvalue weighted by molar-refractivity contribution is 7.92. The highest BCUT2D eigenvalue weighted by Crippen LogP contribution is 2.33. The van der Waals surface area contributed by atoms with Gasteiger partial charge in [0.05, 0.1) is 16.8 Å². The summed E-state index contributed by atoms with van der Waals surface area (Å²) in [5, 5.41) is 10.1. The largest absolute Gasteiger partial charge is 0.473 e. The molecule has 13 heteroatoms. The molecule has 0 bridgehead atoms. The van der Waals surface area contributed by atoms with Crippen molar-refractivity contribution in [2.45, 2.75) is 48.5 Å². The average molecular weight is 560 g/mol. The molecule has 5 rings (SSSR count). The fourth-order valence-corrected chi connectivity index (χ4v) is 6.46. The summed E-state index contributed by atoms with van der Waals surface area (Å²) in [5.41, 5.74) is 1.01. The van der Waals surface area contributed by atoms with E-state index in [1.165, 1.54) is 23.5 Å². The van der Waals surface area contributed by atoms with Crippen LogP contribution in [0.25, 0.3) is 10.3 Å². The van der Waals surface area contributed by atoms with Crippen LogP contribution in [-0.4, -0.2) is 74.3 Å². The molecule has 38 heavy (non-hydrogen) atoms. The fourth-order valence-electron chi connectivity index (χ4n) is 3.98. The summed E-state index contributed by atoms with van der Waals surface area (Å²) in [6.45, 7) is 3.74. The summed E-state index contributed by atoms with van der Waals surface area (Å²) >= 11 is 1.21. The molecule has 1 saturated heterocycles. The molecule has 0 spiro atoms. The van der Waals surface area contributed by atoms with Crippen molar-refractivity contribution >= 4 is 48.3 Å². The van der Waals surface area contributed by atoms with Crippen LogP contribution < -0.4 is 15.4 Å². The van der Waals surface area contributed by atoms with Crippen LogP contribution in [0.3, 0.4) is 0 Å². The molecule has 1 aromatic carbocycles. The number of carbonyl (C=O) groups excluding carboxylic acids is 1. The van der Waals surface area contributed by atoms with Crippen LogP contribution in [0.1, 0.15) is 31.7 Å². The predicted octanol–water partition coefficient (Wildman–Crippen LogP) is 2.76. The van der Waals surface area contributed by atoms with Crippen molar-refractivity contribution in [2.75, 3.05) is 32.1 Å². The third-order valence-electron chi connectivity index (χ3n) is 6.11. The van der Waals surface area contributed by atoms with E-state index in [1.807, 2.05) is 0 Å². The van der Waals surface area contributed by atoms with Gasteiger partial charge in [0.2, 0.25) is 5.88 Å². The number of anilines is 1. The van der Waals surface area contributed by atoms with Crippen molar-refractivity contribution in [1.29, 1.82) is 0 Å². The summed E-state index contributed by atoms with van der Waals surface area (Å²) in [4.78, 5) is 28.6. The van der Waals surface area contributed by atoms with Gasteiger partial charge in [0, 0.05) is 25.3 Å². The van der Waals surface area contributed by atoms with Gasteiger partial charge in [-0.1, -0.05) is 28.6 Å². The Labute approximate surface area is 224 Å². The minimum Gasteiger partial charge on any atom is -0.473 e. The fraction of sp³-hybridized carbons (Fsp3) is 0.440. The number of benzene rings is 1. The lowest BCUT2D eigenvalue weighted by atomic mass is 10.1. The Morgan fingerprint density at radius 1 is 1.18 bits per heavy atom. The van der Waals surface area contributed by atoms with Gasteiger partial charge in [-0.05, 0) is 50.9 Å². The number of methoxy groups -OCH3 is 1. The number of pyridine rings is 1. The Morgan fingerprint density at radius 3 is 2.66 bits per heavy atom. The van der Waals surface area contributed by atoms with Gasteiger partial charge >= 0.3 is 0 Å². The van der Waals surface area contributed by atoms with E-state index in [2.05, 4.69) is 25.8 Å². The number of oxime groups is 1. The molecule has 3 heterocycles. The number of ether oxygens (including phenoxy) is 2. The molecular weight excluding hydrogens is 530 g/mol. The molecule has 2 atom stereocenters. The maximum Gasteiger partial charge on any atom is 0.280 e. The molecule has 3 aromatic rings. The molecule has 0 radical (unpaired) electrons. The van der Waals surface area contributed by atoms with Crippen molar-refractivity contribution in [3.63, 3.8) is 0 Å². The lowest BCUT2D eigenvalue weighted by molar-refractivity contribution is -0.110. The van der Waals surface area contributed by atoms with Gasteiger partial charge in [-0.15, -0.1) is 0 Å². The Balaban J connectivity index is 1.35. The van der Waals surface area contributed by atoms with Gasteiger partial charge in [-0.25, -0.2) is 18.4 Å². The summed E-state index contributed by atoms with van der Waals surface area (Å²) < 4.78 is 36.1. The molecule has 2 aliphatic rings. The molecule has 2 fully saturated rings. The number of sulfone groups is 1. The van der Waals surface area contributed by atoms with Crippen molar-refractivity contribution < 1.29 is 27.5 Å². The van der Waals surface area contributed by atoms with Gasteiger partial charge in [-0.3, -0.25) is 10.1 Å². The number of hydrogen-bond acceptors (Lipinski definition) is 11. The number of thiazole rings is 1. The van der Waals surface area contributed by atoms with E-state index in [-0.39, 0.29) is 28.6 Å². The van der Waals surface area contributed by atoms with Crippen molar-refractivity contribution in [2.24, 2.45) is 5.16 Å². The molecule has 0 unspecified atom stereocenters. The highest BCUT2D eigenvalue weighted by Gasteiger charge is 2.36. The summed E-state index contributed by atoms with van der Waals surface area (Å²) in [5.74, 6) is -0.0447. The van der Waals surface area contributed by atoms with E-state index < -0.39 is 21.8 Å². The lowest BCUT2D eigenvalue weighted by Gasteiger charge is -2.11. The Bertz CT molecular complexity index is 1430. The standard InChI is InChI=1S/C25H29N5O6S2/c1-15(14-34-2)36-30-22(16-3-5-18(6-4-16)38(32,33)19-7-8-19)23(31)29-25-27-20-9-10-21(28-24(20)37-25)35-17-11-12-26-13-17/h3-6,9-10,15,17,19,26H,7-8,11-14H2,1-2H3,(H,27,29,31)/b30-22+/t15-,17-/m1/s1. The van der Waals surface area contributed by atoms with Crippen molar-refractivity contribution in [3.8, 4) is 5.88 Å². The van der Waals surface area contributed by atoms with E-state index >= 15 is 0 Å². The van der Waals surface area contributed by atoms with Gasteiger partial charge in [0.25, 0.3) is 5.91 Å². The number of nitrogens with zero attached hydrogens (tertiary/aromatic N) is 3. The molecule has 1 amide bonds. The molecule has 11 nitrogen and oxygen atoms in total. The molecule has 1 saturated carbocycles. The molecule has 2 aromatic heterocycles. The van der Waals surface area contributed by atoms with E-state index in [9.17, 15) is 13.2 Å². The zero-order chi connectivity index (χ0) is 26.7. The third-order valence-corrected chi connectivity index (χ3v) is 9.27. The maximum absolute atomic E-state index is 13.3. The van der Waals surface area contributed by atoms with Gasteiger partial charge in [-0.2, -0.15) is 0 Å². The monoisotopic (exact) mass is 559 g/mol. The summed E-state index contributed by atoms with van der Waals surface area (Å²) in [6.07, 6.45) is 1.94. The van der Waals surface area contributed by atoms with E-state index in [0.29, 0.717) is 39.8 Å². The quantitative estimate of drug-likeness (QED) is 0.268. The molecule has 2 N–H and O–H groups in total.